The van der Waals surface area contributed by atoms with Gasteiger partial charge in [-0.15, -0.1) is 0 Å². The van der Waals surface area contributed by atoms with E-state index in [1.807, 2.05) is 30.0 Å². The molecule has 1 aliphatic rings. The molecule has 0 bridgehead atoms. The lowest BCUT2D eigenvalue weighted by atomic mass is 10.1. The fraction of sp³-hybridized carbons (Fsp3) is 0.417. The molecule has 1 aromatic rings. The summed E-state index contributed by atoms with van der Waals surface area (Å²) in [5.74, 6) is 2.40. The first kappa shape index (κ1) is 13.0. The van der Waals surface area contributed by atoms with Gasteiger partial charge in [-0.3, -0.25) is 0 Å². The minimum Gasteiger partial charge on any atom is -0.389 e. The average Bonchev–Trinajstić information content (AvgIpc) is 2.32. The van der Waals surface area contributed by atoms with Gasteiger partial charge in [-0.05, 0) is 36.8 Å². The number of rotatable bonds is 3. The Morgan fingerprint density at radius 1 is 1.53 bits per heavy atom. The van der Waals surface area contributed by atoms with Gasteiger partial charge < -0.3 is 11.1 Å². The van der Waals surface area contributed by atoms with E-state index < -0.39 is 0 Å². The van der Waals surface area contributed by atoms with Gasteiger partial charge in [0.25, 0.3) is 0 Å². The van der Waals surface area contributed by atoms with Crippen LogP contribution in [0.5, 0.6) is 0 Å². The number of thiocarbonyl (C=S) groups is 1. The third-order valence-electron chi connectivity index (χ3n) is 2.77. The number of nitrogens with two attached hydrogens (primary N) is 1. The number of hydrogen-bond acceptors (Lipinski definition) is 3. The van der Waals surface area contributed by atoms with Crippen LogP contribution in [-0.2, 0) is 0 Å². The Balaban J connectivity index is 2.16. The van der Waals surface area contributed by atoms with Crippen molar-refractivity contribution in [3.8, 4) is 0 Å². The summed E-state index contributed by atoms with van der Waals surface area (Å²) in [5, 5.41) is 4.17. The molecular formula is C12H15ClN2S2. The van der Waals surface area contributed by atoms with Crippen molar-refractivity contribution in [2.24, 2.45) is 5.73 Å². The Bertz CT molecular complexity index is 417. The summed E-state index contributed by atoms with van der Waals surface area (Å²) in [6.07, 6.45) is 2.46. The molecule has 1 fully saturated rings. The highest BCUT2D eigenvalue weighted by Crippen LogP contribution is 2.25. The molecule has 1 aliphatic heterocycles. The number of anilines is 1. The Hall–Kier alpha value is -0.450. The molecule has 0 saturated carbocycles. The maximum absolute atomic E-state index is 5.96. The zero-order chi connectivity index (χ0) is 12.3. The van der Waals surface area contributed by atoms with E-state index >= 15 is 0 Å². The first-order chi connectivity index (χ1) is 8.16. The lowest BCUT2D eigenvalue weighted by Crippen LogP contribution is -2.27. The van der Waals surface area contributed by atoms with Crippen molar-refractivity contribution in [2.45, 2.75) is 18.9 Å². The summed E-state index contributed by atoms with van der Waals surface area (Å²) in [7, 11) is 0. The van der Waals surface area contributed by atoms with E-state index in [0.717, 1.165) is 17.0 Å². The summed E-state index contributed by atoms with van der Waals surface area (Å²) in [6.45, 7) is 0. The summed E-state index contributed by atoms with van der Waals surface area (Å²) in [6, 6.07) is 6.14. The third kappa shape index (κ3) is 3.50. The predicted molar refractivity (Wildman–Crippen MR) is 81.3 cm³/mol. The maximum Gasteiger partial charge on any atom is 0.106 e. The molecule has 2 nitrogen and oxygen atoms in total. The molecule has 2 rings (SSSR count). The molecule has 92 valence electrons. The van der Waals surface area contributed by atoms with E-state index in [0.29, 0.717) is 16.1 Å². The predicted octanol–water partition coefficient (Wildman–Crippen LogP) is 3.28. The van der Waals surface area contributed by atoms with Crippen molar-refractivity contribution in [1.29, 1.82) is 0 Å². The highest BCUT2D eigenvalue weighted by atomic mass is 35.5. The Morgan fingerprint density at radius 2 is 2.35 bits per heavy atom. The lowest BCUT2D eigenvalue weighted by Gasteiger charge is -2.24. The van der Waals surface area contributed by atoms with Gasteiger partial charge in [0.15, 0.2) is 0 Å². The molecule has 1 saturated heterocycles. The van der Waals surface area contributed by atoms with Gasteiger partial charge in [0.05, 0.1) is 0 Å². The maximum atomic E-state index is 5.96. The second kappa shape index (κ2) is 5.94. The average molecular weight is 287 g/mol. The van der Waals surface area contributed by atoms with Gasteiger partial charge in [0.1, 0.15) is 4.99 Å². The van der Waals surface area contributed by atoms with E-state index in [2.05, 4.69) is 5.32 Å². The molecule has 5 heteroatoms. The summed E-state index contributed by atoms with van der Waals surface area (Å²) >= 11 is 13.0. The summed E-state index contributed by atoms with van der Waals surface area (Å²) < 4.78 is 0. The number of hydrogen-bond donors (Lipinski definition) is 2. The zero-order valence-corrected chi connectivity index (χ0v) is 11.8. The van der Waals surface area contributed by atoms with Crippen LogP contribution in [0.3, 0.4) is 0 Å². The van der Waals surface area contributed by atoms with Crippen molar-refractivity contribution in [1.82, 2.24) is 0 Å². The van der Waals surface area contributed by atoms with E-state index in [1.54, 1.807) is 0 Å². The Morgan fingerprint density at radius 3 is 3.00 bits per heavy atom. The number of nitrogens with one attached hydrogen (secondary N) is 1. The van der Waals surface area contributed by atoms with E-state index in [9.17, 15) is 0 Å². The molecule has 3 N–H and O–H groups in total. The lowest BCUT2D eigenvalue weighted by molar-refractivity contribution is 0.685. The second-order valence-corrected chi connectivity index (χ2v) is 6.14. The van der Waals surface area contributed by atoms with Crippen molar-refractivity contribution in [3.63, 3.8) is 0 Å². The normalized spacial score (nSPS) is 19.9. The minimum atomic E-state index is 0.387. The van der Waals surface area contributed by atoms with Crippen LogP contribution in [0.1, 0.15) is 18.4 Å². The molecule has 0 amide bonds. The number of benzene rings is 1. The SMILES string of the molecule is NC(=S)c1cc(Cl)ccc1NC1CCCSC1. The number of thioether (sulfide) groups is 1. The first-order valence-corrected chi connectivity index (χ1v) is 7.54. The van der Waals surface area contributed by atoms with Gasteiger partial charge in [-0.25, -0.2) is 0 Å². The van der Waals surface area contributed by atoms with Crippen molar-refractivity contribution in [3.05, 3.63) is 28.8 Å². The third-order valence-corrected chi connectivity index (χ3v) is 4.44. The highest BCUT2D eigenvalue weighted by Gasteiger charge is 2.15. The Labute approximate surface area is 116 Å². The summed E-state index contributed by atoms with van der Waals surface area (Å²) in [5.41, 5.74) is 7.55. The number of halogens is 1. The topological polar surface area (TPSA) is 38.0 Å². The molecule has 0 aliphatic carbocycles. The molecular weight excluding hydrogens is 272 g/mol. The fourth-order valence-electron chi connectivity index (χ4n) is 1.92. The van der Waals surface area contributed by atoms with E-state index in [1.165, 1.54) is 18.6 Å². The minimum absolute atomic E-state index is 0.387. The molecule has 1 aromatic carbocycles. The summed E-state index contributed by atoms with van der Waals surface area (Å²) in [4.78, 5) is 0.387. The second-order valence-electron chi connectivity index (χ2n) is 4.11. The zero-order valence-electron chi connectivity index (χ0n) is 9.41. The quantitative estimate of drug-likeness (QED) is 0.837. The molecule has 1 unspecified atom stereocenters. The standard InChI is InChI=1S/C12H15ClN2S2/c13-8-3-4-11(10(6-8)12(14)16)15-9-2-1-5-17-7-9/h3-4,6,9,15H,1-2,5,7H2,(H2,14,16). The van der Waals surface area contributed by atoms with Crippen LogP contribution in [0.2, 0.25) is 5.02 Å². The Kier molecular flexibility index (Phi) is 4.54. The van der Waals surface area contributed by atoms with Gasteiger partial charge in [-0.2, -0.15) is 11.8 Å². The van der Waals surface area contributed by atoms with E-state index in [4.69, 9.17) is 29.6 Å². The molecule has 17 heavy (non-hydrogen) atoms. The smallest absolute Gasteiger partial charge is 0.106 e. The molecule has 0 radical (unpaired) electrons. The van der Waals surface area contributed by atoms with Crippen molar-refractivity contribution >= 4 is 46.3 Å². The van der Waals surface area contributed by atoms with Gasteiger partial charge >= 0.3 is 0 Å². The van der Waals surface area contributed by atoms with Gasteiger partial charge in [0, 0.05) is 28.1 Å². The largest absolute Gasteiger partial charge is 0.389 e. The van der Waals surface area contributed by atoms with Crippen LogP contribution in [-0.4, -0.2) is 22.5 Å². The van der Waals surface area contributed by atoms with Crippen molar-refractivity contribution in [2.75, 3.05) is 16.8 Å². The molecule has 0 aromatic heterocycles. The molecule has 1 atom stereocenters. The van der Waals surface area contributed by atoms with Crippen LogP contribution in [0, 0.1) is 0 Å². The molecule has 1 heterocycles. The van der Waals surface area contributed by atoms with Gasteiger partial charge in [0.2, 0.25) is 0 Å². The first-order valence-electron chi connectivity index (χ1n) is 5.60. The molecule has 0 spiro atoms. The van der Waals surface area contributed by atoms with Crippen LogP contribution in [0.4, 0.5) is 5.69 Å². The van der Waals surface area contributed by atoms with Crippen LogP contribution < -0.4 is 11.1 Å². The highest BCUT2D eigenvalue weighted by molar-refractivity contribution is 7.99. The fourth-order valence-corrected chi connectivity index (χ4v) is 3.33. The van der Waals surface area contributed by atoms with E-state index in [-0.39, 0.29) is 0 Å². The van der Waals surface area contributed by atoms with Crippen LogP contribution in [0.15, 0.2) is 18.2 Å². The van der Waals surface area contributed by atoms with Crippen molar-refractivity contribution < 1.29 is 0 Å². The van der Waals surface area contributed by atoms with Gasteiger partial charge in [-0.1, -0.05) is 23.8 Å². The van der Waals surface area contributed by atoms with Crippen LogP contribution >= 0.6 is 35.6 Å². The van der Waals surface area contributed by atoms with Crippen LogP contribution in [0.25, 0.3) is 0 Å². The monoisotopic (exact) mass is 286 g/mol.